The number of nitrogens with one attached hydrogen (secondary N) is 2. The number of halogens is 1. The summed E-state index contributed by atoms with van der Waals surface area (Å²) in [6, 6.07) is 7.62. The highest BCUT2D eigenvalue weighted by Gasteiger charge is 2.21. The molecule has 1 aromatic carbocycles. The van der Waals surface area contributed by atoms with Crippen LogP contribution in [0.5, 0.6) is 0 Å². The first-order valence-electron chi connectivity index (χ1n) is 7.84. The zero-order valence-corrected chi connectivity index (χ0v) is 14.8. The molecular formula is C17H18ClN3O2S. The number of nitrogens with zero attached hydrogens (tertiary/aromatic N) is 1. The largest absolute Gasteiger partial charge is 0.353 e. The van der Waals surface area contributed by atoms with Crippen LogP contribution in [0.3, 0.4) is 0 Å². The van der Waals surface area contributed by atoms with Crippen molar-refractivity contribution in [3.8, 4) is 11.3 Å². The number of aromatic nitrogens is 1. The van der Waals surface area contributed by atoms with Crippen LogP contribution in [0.15, 0.2) is 24.3 Å². The van der Waals surface area contributed by atoms with Gasteiger partial charge in [0, 0.05) is 34.3 Å². The van der Waals surface area contributed by atoms with Crippen LogP contribution in [-0.2, 0) is 9.59 Å². The number of rotatable bonds is 5. The minimum Gasteiger partial charge on any atom is -0.353 e. The Bertz CT molecular complexity index is 775. The van der Waals surface area contributed by atoms with Crippen LogP contribution >= 0.6 is 22.9 Å². The summed E-state index contributed by atoms with van der Waals surface area (Å²) in [4.78, 5) is 28.8. The summed E-state index contributed by atoms with van der Waals surface area (Å²) in [6.45, 7) is 1.97. The number of thiazole rings is 1. The number of aryl methyl sites for hydroxylation is 1. The van der Waals surface area contributed by atoms with Gasteiger partial charge in [-0.05, 0) is 31.9 Å². The molecule has 1 saturated heterocycles. The van der Waals surface area contributed by atoms with Crippen molar-refractivity contribution in [2.75, 3.05) is 5.32 Å². The van der Waals surface area contributed by atoms with E-state index in [1.54, 1.807) is 0 Å². The number of anilines is 1. The fourth-order valence-corrected chi connectivity index (χ4v) is 3.78. The molecule has 2 aromatic rings. The Hall–Kier alpha value is -1.92. The number of carbonyl (C=O) groups is 2. The Morgan fingerprint density at radius 3 is 3.04 bits per heavy atom. The van der Waals surface area contributed by atoms with E-state index in [2.05, 4.69) is 15.6 Å². The lowest BCUT2D eigenvalue weighted by Gasteiger charge is -2.08. The molecule has 2 N–H and O–H groups in total. The average molecular weight is 364 g/mol. The van der Waals surface area contributed by atoms with Crippen LogP contribution in [-0.4, -0.2) is 22.8 Å². The normalized spacial score (nSPS) is 16.9. The van der Waals surface area contributed by atoms with Crippen molar-refractivity contribution in [1.82, 2.24) is 10.3 Å². The molecule has 1 aliphatic heterocycles. The summed E-state index contributed by atoms with van der Waals surface area (Å²) in [5.74, 6) is -0.00957. The quantitative estimate of drug-likeness (QED) is 0.849. The van der Waals surface area contributed by atoms with Gasteiger partial charge in [0.15, 0.2) is 5.13 Å². The molecular weight excluding hydrogens is 346 g/mol. The summed E-state index contributed by atoms with van der Waals surface area (Å²) < 4.78 is 0. The second-order valence-corrected chi connectivity index (χ2v) is 7.46. The van der Waals surface area contributed by atoms with E-state index in [1.165, 1.54) is 11.3 Å². The van der Waals surface area contributed by atoms with Crippen LogP contribution in [0.1, 0.15) is 30.6 Å². The molecule has 0 unspecified atom stereocenters. The first-order chi connectivity index (χ1) is 11.5. The highest BCUT2D eigenvalue weighted by Crippen LogP contribution is 2.31. The predicted octanol–water partition coefficient (Wildman–Crippen LogP) is 3.77. The third kappa shape index (κ3) is 4.13. The summed E-state index contributed by atoms with van der Waals surface area (Å²) in [7, 11) is 0. The van der Waals surface area contributed by atoms with Crippen LogP contribution in [0.2, 0.25) is 5.02 Å². The van der Waals surface area contributed by atoms with Crippen LogP contribution in [0.4, 0.5) is 5.13 Å². The van der Waals surface area contributed by atoms with Gasteiger partial charge < -0.3 is 10.6 Å². The molecule has 2 heterocycles. The van der Waals surface area contributed by atoms with Crippen molar-refractivity contribution in [3.05, 3.63) is 34.2 Å². The molecule has 0 radical (unpaired) electrons. The Morgan fingerprint density at radius 1 is 1.50 bits per heavy atom. The fourth-order valence-electron chi connectivity index (χ4n) is 2.73. The number of amides is 2. The Labute approximate surface area is 149 Å². The van der Waals surface area contributed by atoms with Gasteiger partial charge in [-0.2, -0.15) is 0 Å². The van der Waals surface area contributed by atoms with E-state index in [0.29, 0.717) is 29.4 Å². The number of benzene rings is 1. The van der Waals surface area contributed by atoms with Gasteiger partial charge >= 0.3 is 0 Å². The summed E-state index contributed by atoms with van der Waals surface area (Å²) >= 11 is 7.47. The molecule has 126 valence electrons. The minimum absolute atomic E-state index is 0.0714. The van der Waals surface area contributed by atoms with Crippen molar-refractivity contribution in [2.24, 2.45) is 0 Å². The Morgan fingerprint density at radius 2 is 2.33 bits per heavy atom. The fraction of sp³-hybridized carbons (Fsp3) is 0.353. The van der Waals surface area contributed by atoms with Crippen LogP contribution < -0.4 is 10.6 Å². The first-order valence-corrected chi connectivity index (χ1v) is 9.03. The molecule has 24 heavy (non-hydrogen) atoms. The average Bonchev–Trinajstić information content (AvgIpc) is 3.11. The molecule has 7 heteroatoms. The molecule has 1 aromatic heterocycles. The molecule has 1 atom stereocenters. The van der Waals surface area contributed by atoms with Crippen molar-refractivity contribution in [3.63, 3.8) is 0 Å². The van der Waals surface area contributed by atoms with Crippen LogP contribution in [0, 0.1) is 6.92 Å². The molecule has 3 rings (SSSR count). The number of hydrogen-bond donors (Lipinski definition) is 2. The third-order valence-electron chi connectivity index (χ3n) is 3.95. The van der Waals surface area contributed by atoms with E-state index >= 15 is 0 Å². The van der Waals surface area contributed by atoms with Gasteiger partial charge in [0.05, 0.1) is 5.69 Å². The van der Waals surface area contributed by atoms with Gasteiger partial charge in [0.1, 0.15) is 0 Å². The Balaban J connectivity index is 1.60. The highest BCUT2D eigenvalue weighted by atomic mass is 35.5. The van der Waals surface area contributed by atoms with Crippen molar-refractivity contribution in [2.45, 2.75) is 38.6 Å². The van der Waals surface area contributed by atoms with Gasteiger partial charge in [-0.25, -0.2) is 4.98 Å². The molecule has 1 aliphatic rings. The second kappa shape index (κ2) is 7.32. The molecule has 0 bridgehead atoms. The molecule has 1 fully saturated rings. The number of carbonyl (C=O) groups excluding carboxylic acids is 2. The molecule has 2 amide bonds. The van der Waals surface area contributed by atoms with Gasteiger partial charge in [0.2, 0.25) is 11.8 Å². The predicted molar refractivity (Wildman–Crippen MR) is 96.3 cm³/mol. The van der Waals surface area contributed by atoms with Crippen molar-refractivity contribution >= 4 is 39.9 Å². The van der Waals surface area contributed by atoms with Crippen molar-refractivity contribution < 1.29 is 9.59 Å². The zero-order valence-electron chi connectivity index (χ0n) is 13.3. The lowest BCUT2D eigenvalue weighted by Crippen LogP contribution is -2.26. The third-order valence-corrected chi connectivity index (χ3v) is 5.07. The SMILES string of the molecule is Cc1sc(NC(=O)CC[C@@H]2CCC(=O)N2)nc1-c1cccc(Cl)c1. The smallest absolute Gasteiger partial charge is 0.226 e. The van der Waals surface area contributed by atoms with Gasteiger partial charge in [-0.1, -0.05) is 23.7 Å². The van der Waals surface area contributed by atoms with E-state index < -0.39 is 0 Å². The highest BCUT2D eigenvalue weighted by molar-refractivity contribution is 7.16. The maximum atomic E-state index is 12.1. The van der Waals surface area contributed by atoms with Gasteiger partial charge in [-0.3, -0.25) is 9.59 Å². The lowest BCUT2D eigenvalue weighted by molar-refractivity contribution is -0.120. The van der Waals surface area contributed by atoms with Gasteiger partial charge in [0.25, 0.3) is 0 Å². The van der Waals surface area contributed by atoms with E-state index in [4.69, 9.17) is 11.6 Å². The monoisotopic (exact) mass is 363 g/mol. The summed E-state index contributed by atoms with van der Waals surface area (Å²) in [5.41, 5.74) is 1.77. The maximum absolute atomic E-state index is 12.1. The summed E-state index contributed by atoms with van der Waals surface area (Å²) in [6.07, 6.45) is 2.39. The lowest BCUT2D eigenvalue weighted by atomic mass is 10.1. The van der Waals surface area contributed by atoms with E-state index in [9.17, 15) is 9.59 Å². The maximum Gasteiger partial charge on any atom is 0.226 e. The molecule has 5 nitrogen and oxygen atoms in total. The molecule has 0 aliphatic carbocycles. The zero-order chi connectivity index (χ0) is 17.1. The van der Waals surface area contributed by atoms with E-state index in [0.717, 1.165) is 22.6 Å². The number of hydrogen-bond acceptors (Lipinski definition) is 4. The van der Waals surface area contributed by atoms with E-state index in [-0.39, 0.29) is 17.9 Å². The van der Waals surface area contributed by atoms with E-state index in [1.807, 2.05) is 31.2 Å². The minimum atomic E-state index is -0.0810. The Kier molecular flexibility index (Phi) is 5.16. The molecule has 0 saturated carbocycles. The van der Waals surface area contributed by atoms with Crippen LogP contribution in [0.25, 0.3) is 11.3 Å². The molecule has 0 spiro atoms. The topological polar surface area (TPSA) is 71.1 Å². The first kappa shape index (κ1) is 16.9. The van der Waals surface area contributed by atoms with Crippen molar-refractivity contribution in [1.29, 1.82) is 0 Å². The standard InChI is InChI=1S/C17H18ClN3O2S/c1-10-16(11-3-2-4-12(18)9-11)21-17(24-10)20-15(23)8-6-13-5-7-14(22)19-13/h2-4,9,13H,5-8H2,1H3,(H,19,22)(H,20,21,23)/t13-/m0/s1. The second-order valence-electron chi connectivity index (χ2n) is 5.82. The summed E-state index contributed by atoms with van der Waals surface area (Å²) in [5, 5.41) is 6.96. The van der Waals surface area contributed by atoms with Gasteiger partial charge in [-0.15, -0.1) is 11.3 Å².